The Bertz CT molecular complexity index is 573. The van der Waals surface area contributed by atoms with Gasteiger partial charge in [-0.2, -0.15) is 0 Å². The van der Waals surface area contributed by atoms with Crippen molar-refractivity contribution in [3.05, 3.63) is 23.2 Å². The van der Waals surface area contributed by atoms with Crippen LogP contribution in [0.1, 0.15) is 25.7 Å². The van der Waals surface area contributed by atoms with E-state index in [-0.39, 0.29) is 34.4 Å². The molecule has 21 heavy (non-hydrogen) atoms. The fourth-order valence-electron chi connectivity index (χ4n) is 2.34. The second kappa shape index (κ2) is 7.65. The number of hydrogen-bond donors (Lipinski definition) is 2. The van der Waals surface area contributed by atoms with Crippen LogP contribution in [-0.2, 0) is 10.0 Å². The van der Waals surface area contributed by atoms with Gasteiger partial charge in [0.05, 0.1) is 17.0 Å². The van der Waals surface area contributed by atoms with Gasteiger partial charge in [-0.25, -0.2) is 13.1 Å². The number of halogens is 2. The Morgan fingerprint density at radius 1 is 1.29 bits per heavy atom. The van der Waals surface area contributed by atoms with Crippen molar-refractivity contribution in [2.45, 2.75) is 42.7 Å². The minimum Gasteiger partial charge on any atom is -0.495 e. The van der Waals surface area contributed by atoms with Crippen LogP contribution in [0.4, 0.5) is 0 Å². The molecule has 0 heterocycles. The maximum absolute atomic E-state index is 12.3. The maximum Gasteiger partial charge on any atom is 0.240 e. The van der Waals surface area contributed by atoms with Crippen LogP contribution in [-0.4, -0.2) is 27.6 Å². The van der Waals surface area contributed by atoms with Crippen LogP contribution in [0.2, 0.25) is 5.02 Å². The van der Waals surface area contributed by atoms with Crippen LogP contribution >= 0.6 is 24.0 Å². The van der Waals surface area contributed by atoms with Crippen molar-refractivity contribution in [2.75, 3.05) is 7.11 Å². The van der Waals surface area contributed by atoms with E-state index in [1.165, 1.54) is 19.2 Å². The Balaban J connectivity index is 0.00000220. The predicted molar refractivity (Wildman–Crippen MR) is 85.8 cm³/mol. The molecule has 120 valence electrons. The molecule has 5 nitrogen and oxygen atoms in total. The van der Waals surface area contributed by atoms with Crippen LogP contribution in [0.5, 0.6) is 5.75 Å². The Morgan fingerprint density at radius 3 is 2.43 bits per heavy atom. The van der Waals surface area contributed by atoms with Crippen molar-refractivity contribution in [3.8, 4) is 5.75 Å². The standard InChI is InChI=1S/C13H19ClN2O3S.ClH/c1-19-13-7-6-11(8-12(13)14)20(17,18)16-10-4-2-9(15)3-5-10;/h6-10,16H,2-5,15H2,1H3;1H. The molecule has 3 N–H and O–H groups in total. The number of benzene rings is 1. The van der Waals surface area contributed by atoms with Crippen LogP contribution in [0, 0.1) is 0 Å². The van der Waals surface area contributed by atoms with Crippen LogP contribution in [0.25, 0.3) is 0 Å². The third-order valence-corrected chi connectivity index (χ3v) is 5.34. The first kappa shape index (κ1) is 18.5. The number of methoxy groups -OCH3 is 1. The lowest BCUT2D eigenvalue weighted by molar-refractivity contribution is 0.373. The molecular formula is C13H20Cl2N2O3S. The highest BCUT2D eigenvalue weighted by molar-refractivity contribution is 7.89. The molecule has 2 rings (SSSR count). The van der Waals surface area contributed by atoms with Gasteiger partial charge in [0.2, 0.25) is 10.0 Å². The van der Waals surface area contributed by atoms with Crippen molar-refractivity contribution in [1.29, 1.82) is 0 Å². The van der Waals surface area contributed by atoms with E-state index in [4.69, 9.17) is 22.1 Å². The van der Waals surface area contributed by atoms with E-state index in [1.807, 2.05) is 0 Å². The van der Waals surface area contributed by atoms with Gasteiger partial charge in [0.1, 0.15) is 5.75 Å². The molecule has 1 fully saturated rings. The summed E-state index contributed by atoms with van der Waals surface area (Å²) >= 11 is 5.96. The molecule has 1 aliphatic carbocycles. The third kappa shape index (κ3) is 4.72. The first-order valence-electron chi connectivity index (χ1n) is 6.54. The van der Waals surface area contributed by atoms with E-state index >= 15 is 0 Å². The van der Waals surface area contributed by atoms with Crippen molar-refractivity contribution < 1.29 is 13.2 Å². The summed E-state index contributed by atoms with van der Waals surface area (Å²) < 4.78 is 32.3. The lowest BCUT2D eigenvalue weighted by Crippen LogP contribution is -2.40. The molecule has 8 heteroatoms. The average molecular weight is 355 g/mol. The minimum absolute atomic E-state index is 0. The number of nitrogens with two attached hydrogens (primary N) is 1. The Labute approximate surface area is 136 Å². The third-order valence-electron chi connectivity index (χ3n) is 3.53. The van der Waals surface area contributed by atoms with Crippen LogP contribution in [0.15, 0.2) is 23.1 Å². The van der Waals surface area contributed by atoms with Gasteiger partial charge in [0.15, 0.2) is 0 Å². The van der Waals surface area contributed by atoms with Gasteiger partial charge in [-0.05, 0) is 43.9 Å². The fourth-order valence-corrected chi connectivity index (χ4v) is 3.99. The van der Waals surface area contributed by atoms with Crippen molar-refractivity contribution in [2.24, 2.45) is 5.73 Å². The monoisotopic (exact) mass is 354 g/mol. The smallest absolute Gasteiger partial charge is 0.240 e. The number of nitrogens with one attached hydrogen (secondary N) is 1. The van der Waals surface area contributed by atoms with Crippen LogP contribution < -0.4 is 15.2 Å². The highest BCUT2D eigenvalue weighted by atomic mass is 35.5. The van der Waals surface area contributed by atoms with E-state index in [0.29, 0.717) is 5.75 Å². The Hall–Kier alpha value is -0.530. The van der Waals surface area contributed by atoms with Gasteiger partial charge in [-0.3, -0.25) is 0 Å². The second-order valence-electron chi connectivity index (χ2n) is 5.03. The van der Waals surface area contributed by atoms with Crippen molar-refractivity contribution in [1.82, 2.24) is 4.72 Å². The van der Waals surface area contributed by atoms with E-state index < -0.39 is 10.0 Å². The number of hydrogen-bond acceptors (Lipinski definition) is 4. The molecular weight excluding hydrogens is 335 g/mol. The van der Waals surface area contributed by atoms with Gasteiger partial charge in [-0.15, -0.1) is 12.4 Å². The highest BCUT2D eigenvalue weighted by Crippen LogP contribution is 2.27. The normalized spacial score (nSPS) is 22.4. The molecule has 0 unspecified atom stereocenters. The molecule has 1 aromatic carbocycles. The molecule has 0 atom stereocenters. The summed E-state index contributed by atoms with van der Waals surface area (Å²) in [6.07, 6.45) is 3.22. The highest BCUT2D eigenvalue weighted by Gasteiger charge is 2.24. The number of rotatable bonds is 4. The summed E-state index contributed by atoms with van der Waals surface area (Å²) in [6.45, 7) is 0. The van der Waals surface area contributed by atoms with Gasteiger partial charge in [0, 0.05) is 12.1 Å². The molecule has 0 radical (unpaired) electrons. The van der Waals surface area contributed by atoms with Crippen LogP contribution in [0.3, 0.4) is 0 Å². The topological polar surface area (TPSA) is 81.4 Å². The van der Waals surface area contributed by atoms with Gasteiger partial charge < -0.3 is 10.5 Å². The Kier molecular flexibility index (Phi) is 6.74. The van der Waals surface area contributed by atoms with E-state index in [9.17, 15) is 8.42 Å². The van der Waals surface area contributed by atoms with Crippen molar-refractivity contribution >= 4 is 34.0 Å². The largest absolute Gasteiger partial charge is 0.495 e. The zero-order chi connectivity index (χ0) is 14.8. The number of sulfonamides is 1. The summed E-state index contributed by atoms with van der Waals surface area (Å²) in [6, 6.07) is 4.57. The Morgan fingerprint density at radius 2 is 1.90 bits per heavy atom. The summed E-state index contributed by atoms with van der Waals surface area (Å²) in [4.78, 5) is 0.151. The summed E-state index contributed by atoms with van der Waals surface area (Å²) in [5.41, 5.74) is 5.82. The molecule has 0 spiro atoms. The molecule has 0 bridgehead atoms. The molecule has 0 amide bonds. The lowest BCUT2D eigenvalue weighted by Gasteiger charge is -2.26. The molecule has 1 aromatic rings. The average Bonchev–Trinajstić information content (AvgIpc) is 2.41. The van der Waals surface area contributed by atoms with E-state index in [0.717, 1.165) is 25.7 Å². The second-order valence-corrected chi connectivity index (χ2v) is 7.15. The predicted octanol–water partition coefficient (Wildman–Crippen LogP) is 2.32. The molecule has 1 saturated carbocycles. The summed E-state index contributed by atoms with van der Waals surface area (Å²) in [5, 5.41) is 0.279. The molecule has 0 aromatic heterocycles. The first-order chi connectivity index (χ1) is 9.42. The lowest BCUT2D eigenvalue weighted by atomic mass is 9.93. The maximum atomic E-state index is 12.3. The van der Waals surface area contributed by atoms with Crippen molar-refractivity contribution in [3.63, 3.8) is 0 Å². The van der Waals surface area contributed by atoms with Gasteiger partial charge in [-0.1, -0.05) is 11.6 Å². The zero-order valence-electron chi connectivity index (χ0n) is 11.7. The number of ether oxygens (including phenoxy) is 1. The quantitative estimate of drug-likeness (QED) is 0.869. The minimum atomic E-state index is -3.56. The summed E-state index contributed by atoms with van der Waals surface area (Å²) in [5.74, 6) is 0.453. The van der Waals surface area contributed by atoms with Gasteiger partial charge >= 0.3 is 0 Å². The fraction of sp³-hybridized carbons (Fsp3) is 0.538. The van der Waals surface area contributed by atoms with E-state index in [1.54, 1.807) is 6.07 Å². The van der Waals surface area contributed by atoms with E-state index in [2.05, 4.69) is 4.72 Å². The molecule has 1 aliphatic rings. The molecule has 0 saturated heterocycles. The summed E-state index contributed by atoms with van der Waals surface area (Å²) in [7, 11) is -2.07. The van der Waals surface area contributed by atoms with Gasteiger partial charge in [0.25, 0.3) is 0 Å². The zero-order valence-corrected chi connectivity index (χ0v) is 14.1. The first-order valence-corrected chi connectivity index (χ1v) is 8.40. The molecule has 0 aliphatic heterocycles. The SMILES string of the molecule is COc1ccc(S(=O)(=O)NC2CCC(N)CC2)cc1Cl.Cl.